The van der Waals surface area contributed by atoms with E-state index in [1.165, 1.54) is 12.3 Å². The van der Waals surface area contributed by atoms with Gasteiger partial charge in [0.25, 0.3) is 0 Å². The Hall–Kier alpha value is -4.28. The molecule has 1 N–H and O–H groups in total. The van der Waals surface area contributed by atoms with Crippen LogP contribution >= 0.6 is 11.6 Å². The second-order valence-electron chi connectivity index (χ2n) is 10.0. The molecular formula is C30H27ClFN5O4. The van der Waals surface area contributed by atoms with Gasteiger partial charge in [-0.1, -0.05) is 23.7 Å². The lowest BCUT2D eigenvalue weighted by Gasteiger charge is -2.31. The topological polar surface area (TPSA) is 107 Å². The highest BCUT2D eigenvalue weighted by Gasteiger charge is 2.24. The molecule has 1 fully saturated rings. The molecule has 1 saturated heterocycles. The maximum absolute atomic E-state index is 14.1. The maximum Gasteiger partial charge on any atom is 0.335 e. The first-order valence-corrected chi connectivity index (χ1v) is 13.7. The summed E-state index contributed by atoms with van der Waals surface area (Å²) in [6, 6.07) is 15.2. The van der Waals surface area contributed by atoms with Gasteiger partial charge in [-0.25, -0.2) is 24.1 Å². The number of imidazole rings is 1. The van der Waals surface area contributed by atoms with Crippen molar-refractivity contribution >= 4 is 28.6 Å². The van der Waals surface area contributed by atoms with Gasteiger partial charge in [0.1, 0.15) is 31.1 Å². The molecule has 6 rings (SSSR count). The van der Waals surface area contributed by atoms with Crippen LogP contribution in [0.3, 0.4) is 0 Å². The van der Waals surface area contributed by atoms with Crippen molar-refractivity contribution in [3.05, 3.63) is 106 Å². The minimum atomic E-state index is -0.986. The summed E-state index contributed by atoms with van der Waals surface area (Å²) in [5.74, 6) is 0.683. The fourth-order valence-corrected chi connectivity index (χ4v) is 5.34. The fraction of sp³-hybridized carbons (Fsp3) is 0.267. The standard InChI is InChI=1S/C30H27ClFN5O4/c31-22-6-4-21(23(32)15-22)18-41-28-3-1-2-24(35-28)19-8-11-36(12-9-19)16-27-34-25-7-5-20(30(38)39)14-26(25)37(27)17-29-33-10-13-40-29/h1-7,10,13-15,19H,8-9,11-12,16-18H2,(H,38,39). The van der Waals surface area contributed by atoms with Gasteiger partial charge in [0, 0.05) is 28.3 Å². The first-order valence-electron chi connectivity index (χ1n) is 13.3. The number of fused-ring (bicyclic) bond motifs is 1. The van der Waals surface area contributed by atoms with Crippen molar-refractivity contribution in [3.63, 3.8) is 0 Å². The molecule has 5 aromatic rings. The predicted octanol–water partition coefficient (Wildman–Crippen LogP) is 5.92. The highest BCUT2D eigenvalue weighted by atomic mass is 35.5. The van der Waals surface area contributed by atoms with Gasteiger partial charge in [-0.2, -0.15) is 0 Å². The second-order valence-corrected chi connectivity index (χ2v) is 10.5. The lowest BCUT2D eigenvalue weighted by molar-refractivity contribution is 0.0697. The number of carboxylic acids is 1. The van der Waals surface area contributed by atoms with E-state index in [-0.39, 0.29) is 18.1 Å². The zero-order chi connectivity index (χ0) is 28.3. The second kappa shape index (κ2) is 11.7. The van der Waals surface area contributed by atoms with Gasteiger partial charge in [-0.3, -0.25) is 4.90 Å². The van der Waals surface area contributed by atoms with Gasteiger partial charge < -0.3 is 18.8 Å². The molecule has 1 aliphatic heterocycles. The number of hydrogen-bond donors (Lipinski definition) is 1. The molecule has 1 aliphatic rings. The first-order chi connectivity index (χ1) is 19.9. The van der Waals surface area contributed by atoms with Crippen molar-refractivity contribution in [2.75, 3.05) is 13.1 Å². The van der Waals surface area contributed by atoms with Gasteiger partial charge in [0.15, 0.2) is 0 Å². The number of aromatic nitrogens is 4. The Bertz CT molecular complexity index is 1680. The average molecular weight is 576 g/mol. The molecule has 4 heterocycles. The van der Waals surface area contributed by atoms with E-state index >= 15 is 0 Å². The molecule has 9 nitrogen and oxygen atoms in total. The number of ether oxygens (including phenoxy) is 1. The third kappa shape index (κ3) is 6.08. The summed E-state index contributed by atoms with van der Waals surface area (Å²) in [6.45, 7) is 2.72. The van der Waals surface area contributed by atoms with Gasteiger partial charge >= 0.3 is 5.97 Å². The van der Waals surface area contributed by atoms with Crippen LogP contribution < -0.4 is 4.74 Å². The SMILES string of the molecule is O=C(O)c1ccc2nc(CN3CCC(c4cccc(OCc5ccc(Cl)cc5F)n4)CC3)n(Cc3ncco3)c2c1. The minimum absolute atomic E-state index is 0.0698. The van der Waals surface area contributed by atoms with E-state index < -0.39 is 11.8 Å². The molecule has 0 unspecified atom stereocenters. The van der Waals surface area contributed by atoms with E-state index in [1.807, 2.05) is 16.7 Å². The van der Waals surface area contributed by atoms with Crippen LogP contribution in [-0.4, -0.2) is 48.6 Å². The summed E-state index contributed by atoms with van der Waals surface area (Å²) in [5.41, 5.74) is 3.04. The van der Waals surface area contributed by atoms with Crippen LogP contribution in [0.15, 0.2) is 71.5 Å². The van der Waals surface area contributed by atoms with Gasteiger partial charge in [0.2, 0.25) is 11.8 Å². The van der Waals surface area contributed by atoms with Crippen molar-refractivity contribution in [3.8, 4) is 5.88 Å². The summed E-state index contributed by atoms with van der Waals surface area (Å²) in [4.78, 5) is 27.7. The lowest BCUT2D eigenvalue weighted by Crippen LogP contribution is -2.33. The zero-order valence-electron chi connectivity index (χ0n) is 22.0. The molecule has 11 heteroatoms. The highest BCUT2D eigenvalue weighted by molar-refractivity contribution is 6.30. The summed E-state index contributed by atoms with van der Waals surface area (Å²) in [6.07, 6.45) is 4.92. The summed E-state index contributed by atoms with van der Waals surface area (Å²) in [5, 5.41) is 9.84. The third-order valence-electron chi connectivity index (χ3n) is 7.36. The Morgan fingerprint density at radius 2 is 1.95 bits per heavy atom. The molecular weight excluding hydrogens is 549 g/mol. The average Bonchev–Trinajstić information content (AvgIpc) is 3.61. The molecule has 41 heavy (non-hydrogen) atoms. The van der Waals surface area contributed by atoms with E-state index in [2.05, 4.69) is 9.88 Å². The number of carbonyl (C=O) groups is 1. The van der Waals surface area contributed by atoms with E-state index in [9.17, 15) is 14.3 Å². The smallest absolute Gasteiger partial charge is 0.335 e. The van der Waals surface area contributed by atoms with Gasteiger partial charge in [-0.15, -0.1) is 0 Å². The van der Waals surface area contributed by atoms with Crippen molar-refractivity contribution in [1.29, 1.82) is 0 Å². The fourth-order valence-electron chi connectivity index (χ4n) is 5.18. The van der Waals surface area contributed by atoms with E-state index in [1.54, 1.807) is 42.6 Å². The molecule has 0 spiro atoms. The van der Waals surface area contributed by atoms with E-state index in [0.717, 1.165) is 48.5 Å². The zero-order valence-corrected chi connectivity index (χ0v) is 22.8. The Morgan fingerprint density at radius 1 is 1.10 bits per heavy atom. The number of nitrogens with zero attached hydrogens (tertiary/aromatic N) is 5. The molecule has 0 bridgehead atoms. The lowest BCUT2D eigenvalue weighted by atomic mass is 9.93. The Kier molecular flexibility index (Phi) is 7.67. The Balaban J connectivity index is 1.13. The van der Waals surface area contributed by atoms with Crippen molar-refractivity contribution < 1.29 is 23.4 Å². The number of likely N-dealkylation sites (tertiary alicyclic amines) is 1. The molecule has 3 aromatic heterocycles. The van der Waals surface area contributed by atoms with Crippen molar-refractivity contribution in [2.24, 2.45) is 0 Å². The molecule has 0 atom stereocenters. The molecule has 0 radical (unpaired) electrons. The molecule has 0 amide bonds. The number of aromatic carboxylic acids is 1. The van der Waals surface area contributed by atoms with Crippen LogP contribution in [0.25, 0.3) is 11.0 Å². The normalized spacial score (nSPS) is 14.5. The number of piperidine rings is 1. The van der Waals surface area contributed by atoms with Crippen LogP contribution in [0.4, 0.5) is 4.39 Å². The predicted molar refractivity (Wildman–Crippen MR) is 150 cm³/mol. The monoisotopic (exact) mass is 575 g/mol. The summed E-state index contributed by atoms with van der Waals surface area (Å²) < 4.78 is 27.4. The molecule has 210 valence electrons. The quantitative estimate of drug-likeness (QED) is 0.231. The number of halogens is 2. The van der Waals surface area contributed by atoms with Crippen molar-refractivity contribution in [1.82, 2.24) is 24.4 Å². The summed E-state index contributed by atoms with van der Waals surface area (Å²) >= 11 is 5.84. The van der Waals surface area contributed by atoms with Crippen LogP contribution in [0.5, 0.6) is 5.88 Å². The number of rotatable bonds is 9. The maximum atomic E-state index is 14.1. The minimum Gasteiger partial charge on any atom is -0.478 e. The third-order valence-corrected chi connectivity index (χ3v) is 7.59. The van der Waals surface area contributed by atoms with Gasteiger partial charge in [-0.05, 0) is 62.3 Å². The van der Waals surface area contributed by atoms with E-state index in [0.29, 0.717) is 35.4 Å². The highest BCUT2D eigenvalue weighted by Crippen LogP contribution is 2.30. The molecule has 0 aliphatic carbocycles. The van der Waals surface area contributed by atoms with Crippen LogP contribution in [0, 0.1) is 5.82 Å². The number of oxazole rings is 1. The van der Waals surface area contributed by atoms with E-state index in [4.69, 9.17) is 30.7 Å². The van der Waals surface area contributed by atoms with Crippen molar-refractivity contribution in [2.45, 2.75) is 38.5 Å². The number of carboxylic acid groups (broad SMARTS) is 1. The number of hydrogen-bond acceptors (Lipinski definition) is 7. The number of pyridine rings is 1. The Labute approximate surface area is 240 Å². The largest absolute Gasteiger partial charge is 0.478 e. The summed E-state index contributed by atoms with van der Waals surface area (Å²) in [7, 11) is 0. The first kappa shape index (κ1) is 26.9. The number of benzene rings is 2. The van der Waals surface area contributed by atoms with Crippen LogP contribution in [0.2, 0.25) is 5.02 Å². The molecule has 0 saturated carbocycles. The van der Waals surface area contributed by atoms with Crippen LogP contribution in [0.1, 0.15) is 52.1 Å². The molecule has 2 aromatic carbocycles. The van der Waals surface area contributed by atoms with Crippen LogP contribution in [-0.2, 0) is 19.7 Å². The van der Waals surface area contributed by atoms with Gasteiger partial charge in [0.05, 0.1) is 29.3 Å². The Morgan fingerprint density at radius 3 is 2.71 bits per heavy atom.